The number of fused-ring (bicyclic) bond motifs is 1. The summed E-state index contributed by atoms with van der Waals surface area (Å²) in [7, 11) is 1.59. The van der Waals surface area contributed by atoms with Crippen molar-refractivity contribution in [1.82, 2.24) is 5.32 Å². The lowest BCUT2D eigenvalue weighted by atomic mass is 9.97. The van der Waals surface area contributed by atoms with Gasteiger partial charge in [0.05, 0.1) is 7.11 Å². The van der Waals surface area contributed by atoms with E-state index in [9.17, 15) is 4.79 Å². The second kappa shape index (κ2) is 8.58. The molecule has 0 radical (unpaired) electrons. The van der Waals surface area contributed by atoms with Crippen LogP contribution in [-0.2, 0) is 4.79 Å². The molecule has 0 fully saturated rings. The molecule has 0 saturated heterocycles. The summed E-state index contributed by atoms with van der Waals surface area (Å²) in [6.45, 7) is 2.41. The van der Waals surface area contributed by atoms with Crippen molar-refractivity contribution in [2.45, 2.75) is 6.92 Å². The Morgan fingerprint density at radius 2 is 1.88 bits per heavy atom. The Kier molecular flexibility index (Phi) is 6.22. The molecule has 0 aromatic heterocycles. The molecule has 0 saturated carbocycles. The van der Waals surface area contributed by atoms with Crippen LogP contribution in [0.5, 0.6) is 17.2 Å². The van der Waals surface area contributed by atoms with Crippen LogP contribution in [0.15, 0.2) is 36.4 Å². The number of hydrogen-bond acceptors (Lipinski definition) is 5. The summed E-state index contributed by atoms with van der Waals surface area (Å²) in [6, 6.07) is 11.1. The van der Waals surface area contributed by atoms with Crippen molar-refractivity contribution in [3.05, 3.63) is 42.0 Å². The van der Waals surface area contributed by atoms with Crippen LogP contribution in [0.1, 0.15) is 17.3 Å². The molecule has 0 unspecified atom stereocenters. The van der Waals surface area contributed by atoms with E-state index in [1.165, 1.54) is 0 Å². The number of carbonyl (C=O) groups is 2. The fourth-order valence-electron chi connectivity index (χ4n) is 2.47. The van der Waals surface area contributed by atoms with Gasteiger partial charge in [-0.1, -0.05) is 18.2 Å². The lowest BCUT2D eigenvalue weighted by Crippen LogP contribution is -2.23. The summed E-state index contributed by atoms with van der Waals surface area (Å²) in [5.74, 6) is 1.83. The molecule has 1 amide bonds. The van der Waals surface area contributed by atoms with Gasteiger partial charge in [0.1, 0.15) is 5.75 Å². The molecule has 132 valence electrons. The SMILES string of the molecule is CCNC(=O)c1ccccc1-c1cc2c(cc1OC)OCO2.O=CO. The van der Waals surface area contributed by atoms with Gasteiger partial charge in [0.25, 0.3) is 12.4 Å². The maximum absolute atomic E-state index is 12.3. The zero-order valence-electron chi connectivity index (χ0n) is 13.9. The van der Waals surface area contributed by atoms with E-state index in [-0.39, 0.29) is 19.2 Å². The second-order valence-electron chi connectivity index (χ2n) is 4.92. The molecule has 2 aromatic rings. The highest BCUT2D eigenvalue weighted by atomic mass is 16.7. The molecule has 0 aliphatic carbocycles. The first-order valence-corrected chi connectivity index (χ1v) is 7.59. The van der Waals surface area contributed by atoms with E-state index >= 15 is 0 Å². The monoisotopic (exact) mass is 345 g/mol. The molecule has 1 heterocycles. The summed E-state index contributed by atoms with van der Waals surface area (Å²) in [4.78, 5) is 20.6. The van der Waals surface area contributed by atoms with Crippen LogP contribution in [0, 0.1) is 0 Å². The van der Waals surface area contributed by atoms with Gasteiger partial charge >= 0.3 is 0 Å². The van der Waals surface area contributed by atoms with Gasteiger partial charge in [-0.2, -0.15) is 0 Å². The first kappa shape index (κ1) is 18.1. The van der Waals surface area contributed by atoms with Crippen molar-refractivity contribution in [1.29, 1.82) is 0 Å². The van der Waals surface area contributed by atoms with E-state index < -0.39 is 0 Å². The second-order valence-corrected chi connectivity index (χ2v) is 4.92. The quantitative estimate of drug-likeness (QED) is 0.827. The minimum absolute atomic E-state index is 0.113. The molecule has 3 rings (SSSR count). The van der Waals surface area contributed by atoms with Gasteiger partial charge < -0.3 is 24.6 Å². The smallest absolute Gasteiger partial charge is 0.290 e. The minimum atomic E-state index is -0.250. The van der Waals surface area contributed by atoms with Gasteiger partial charge in [-0.05, 0) is 24.6 Å². The molecule has 25 heavy (non-hydrogen) atoms. The van der Waals surface area contributed by atoms with Crippen LogP contribution in [0.4, 0.5) is 0 Å². The first-order chi connectivity index (χ1) is 12.2. The van der Waals surface area contributed by atoms with E-state index in [1.54, 1.807) is 19.2 Å². The third-order valence-electron chi connectivity index (χ3n) is 3.49. The molecule has 7 nitrogen and oxygen atoms in total. The third-order valence-corrected chi connectivity index (χ3v) is 3.49. The predicted molar refractivity (Wildman–Crippen MR) is 91.3 cm³/mol. The topological polar surface area (TPSA) is 94.1 Å². The summed E-state index contributed by atoms with van der Waals surface area (Å²) in [5, 5.41) is 9.71. The highest BCUT2D eigenvalue weighted by Gasteiger charge is 2.21. The maximum Gasteiger partial charge on any atom is 0.290 e. The Labute approximate surface area is 145 Å². The number of nitrogens with one attached hydrogen (secondary N) is 1. The number of hydrogen-bond donors (Lipinski definition) is 2. The number of carbonyl (C=O) groups excluding carboxylic acids is 1. The van der Waals surface area contributed by atoms with Gasteiger partial charge in [0.15, 0.2) is 11.5 Å². The highest BCUT2D eigenvalue weighted by Crippen LogP contribution is 2.43. The van der Waals surface area contributed by atoms with Crippen LogP contribution in [0.3, 0.4) is 0 Å². The van der Waals surface area contributed by atoms with Crippen LogP contribution >= 0.6 is 0 Å². The standard InChI is InChI=1S/C17H17NO4.CH2O2/c1-3-18-17(19)12-7-5-4-6-11(12)13-8-15-16(22-10-21-15)9-14(13)20-2;2-1-3/h4-9H,3,10H2,1-2H3,(H,18,19);1H,(H,2,3). The minimum Gasteiger partial charge on any atom is -0.496 e. The van der Waals surface area contributed by atoms with Crippen molar-refractivity contribution in [3.8, 4) is 28.4 Å². The van der Waals surface area contributed by atoms with Crippen LogP contribution in [-0.4, -0.2) is 37.9 Å². The third kappa shape index (κ3) is 4.00. The number of benzene rings is 2. The number of rotatable bonds is 4. The van der Waals surface area contributed by atoms with Crippen molar-refractivity contribution in [2.75, 3.05) is 20.4 Å². The Morgan fingerprint density at radius 1 is 1.24 bits per heavy atom. The van der Waals surface area contributed by atoms with Gasteiger partial charge in [-0.25, -0.2) is 0 Å². The van der Waals surface area contributed by atoms with E-state index in [1.807, 2.05) is 31.2 Å². The van der Waals surface area contributed by atoms with E-state index in [0.717, 1.165) is 11.1 Å². The van der Waals surface area contributed by atoms with Crippen molar-refractivity contribution >= 4 is 12.4 Å². The fraction of sp³-hybridized carbons (Fsp3) is 0.222. The van der Waals surface area contributed by atoms with Gasteiger partial charge in [0, 0.05) is 23.7 Å². The Balaban J connectivity index is 0.000000701. The zero-order chi connectivity index (χ0) is 18.2. The Bertz CT molecular complexity index is 759. The predicted octanol–water partition coefficient (Wildman–Crippen LogP) is 2.54. The summed E-state index contributed by atoms with van der Waals surface area (Å²) in [5.41, 5.74) is 2.19. The molecular formula is C18H19NO6. The average molecular weight is 345 g/mol. The number of ether oxygens (including phenoxy) is 3. The number of amides is 1. The molecule has 0 spiro atoms. The lowest BCUT2D eigenvalue weighted by molar-refractivity contribution is -0.122. The van der Waals surface area contributed by atoms with E-state index in [0.29, 0.717) is 29.4 Å². The molecule has 1 aliphatic heterocycles. The van der Waals surface area contributed by atoms with Gasteiger partial charge in [-0.3, -0.25) is 9.59 Å². The zero-order valence-corrected chi connectivity index (χ0v) is 13.9. The van der Waals surface area contributed by atoms with Gasteiger partial charge in [-0.15, -0.1) is 0 Å². The largest absolute Gasteiger partial charge is 0.496 e. The van der Waals surface area contributed by atoms with Crippen molar-refractivity contribution in [2.24, 2.45) is 0 Å². The van der Waals surface area contributed by atoms with Crippen LogP contribution < -0.4 is 19.5 Å². The molecule has 7 heteroatoms. The summed E-state index contributed by atoms with van der Waals surface area (Å²) < 4.78 is 16.2. The fourth-order valence-corrected chi connectivity index (χ4v) is 2.47. The average Bonchev–Trinajstić information content (AvgIpc) is 3.09. The molecule has 1 aliphatic rings. The summed E-state index contributed by atoms with van der Waals surface area (Å²) >= 11 is 0. The Morgan fingerprint density at radius 3 is 2.52 bits per heavy atom. The first-order valence-electron chi connectivity index (χ1n) is 7.59. The number of methoxy groups -OCH3 is 1. The van der Waals surface area contributed by atoms with Crippen molar-refractivity contribution in [3.63, 3.8) is 0 Å². The molecule has 0 bridgehead atoms. The molecular weight excluding hydrogens is 326 g/mol. The lowest BCUT2D eigenvalue weighted by Gasteiger charge is -2.13. The maximum atomic E-state index is 12.3. The van der Waals surface area contributed by atoms with Crippen LogP contribution in [0.2, 0.25) is 0 Å². The van der Waals surface area contributed by atoms with Crippen molar-refractivity contribution < 1.29 is 28.9 Å². The van der Waals surface area contributed by atoms with Gasteiger partial charge in [0.2, 0.25) is 6.79 Å². The molecule has 0 atom stereocenters. The Hall–Kier alpha value is -3.22. The van der Waals surface area contributed by atoms with E-state index in [2.05, 4.69) is 5.32 Å². The summed E-state index contributed by atoms with van der Waals surface area (Å²) in [6.07, 6.45) is 0. The van der Waals surface area contributed by atoms with E-state index in [4.69, 9.17) is 24.1 Å². The van der Waals surface area contributed by atoms with Crippen LogP contribution in [0.25, 0.3) is 11.1 Å². The molecule has 2 N–H and O–H groups in total. The molecule has 2 aromatic carbocycles. The normalized spacial score (nSPS) is 11.1. The number of carboxylic acid groups (broad SMARTS) is 1. The highest BCUT2D eigenvalue weighted by molar-refractivity contribution is 6.01.